The first-order valence-corrected chi connectivity index (χ1v) is 9.88. The van der Waals surface area contributed by atoms with Crippen LogP contribution in [0.5, 0.6) is 0 Å². The molecule has 0 saturated heterocycles. The number of carbonyl (C=O) groups is 1. The van der Waals surface area contributed by atoms with Crippen LogP contribution in [0.15, 0.2) is 94.3 Å². The second-order valence-corrected chi connectivity index (χ2v) is 7.39. The van der Waals surface area contributed by atoms with E-state index in [1.807, 2.05) is 49.4 Å². The highest BCUT2D eigenvalue weighted by atomic mass is 16.3. The molecule has 3 aromatic carbocycles. The van der Waals surface area contributed by atoms with E-state index in [1.54, 1.807) is 36.5 Å². The largest absolute Gasteiger partial charge is 0.456 e. The number of aromatic nitrogens is 1. The van der Waals surface area contributed by atoms with Gasteiger partial charge in [-0.25, -0.2) is 0 Å². The number of hydrogen-bond donors (Lipinski definition) is 1. The van der Waals surface area contributed by atoms with Gasteiger partial charge in [0.1, 0.15) is 11.3 Å². The van der Waals surface area contributed by atoms with Gasteiger partial charge in [0.2, 0.25) is 0 Å². The number of fused-ring (bicyclic) bond motifs is 2. The summed E-state index contributed by atoms with van der Waals surface area (Å²) in [5, 5.41) is 4.44. The molecule has 0 aliphatic heterocycles. The van der Waals surface area contributed by atoms with Gasteiger partial charge in [0, 0.05) is 28.8 Å². The number of benzene rings is 3. The fraction of sp³-hybridized carbons (Fsp3) is 0.0385. The molecule has 0 bridgehead atoms. The summed E-state index contributed by atoms with van der Waals surface area (Å²) in [5.41, 5.74) is 4.07. The van der Waals surface area contributed by atoms with Gasteiger partial charge in [0.15, 0.2) is 5.43 Å². The molecule has 150 valence electrons. The Labute approximate surface area is 178 Å². The summed E-state index contributed by atoms with van der Waals surface area (Å²) >= 11 is 0. The number of rotatable bonds is 3. The number of aryl methyl sites for hydroxylation is 1. The van der Waals surface area contributed by atoms with Gasteiger partial charge >= 0.3 is 0 Å². The highest BCUT2D eigenvalue weighted by Gasteiger charge is 2.11. The van der Waals surface area contributed by atoms with Crippen molar-refractivity contribution in [1.29, 1.82) is 0 Å². The van der Waals surface area contributed by atoms with E-state index < -0.39 is 0 Å². The molecule has 5 nitrogen and oxygen atoms in total. The van der Waals surface area contributed by atoms with E-state index in [0.717, 1.165) is 22.0 Å². The summed E-state index contributed by atoms with van der Waals surface area (Å²) < 4.78 is 5.92. The number of pyridine rings is 1. The quantitative estimate of drug-likeness (QED) is 0.425. The topological polar surface area (TPSA) is 72.2 Å². The third kappa shape index (κ3) is 3.57. The van der Waals surface area contributed by atoms with E-state index in [0.29, 0.717) is 28.0 Å². The lowest BCUT2D eigenvalue weighted by Gasteiger charge is -2.09. The van der Waals surface area contributed by atoms with E-state index in [2.05, 4.69) is 10.3 Å². The number of nitrogens with zero attached hydrogens (tertiary/aromatic N) is 1. The smallest absolute Gasteiger partial charge is 0.255 e. The van der Waals surface area contributed by atoms with Crippen LogP contribution >= 0.6 is 0 Å². The van der Waals surface area contributed by atoms with Gasteiger partial charge < -0.3 is 9.73 Å². The van der Waals surface area contributed by atoms with E-state index in [1.165, 1.54) is 6.07 Å². The van der Waals surface area contributed by atoms with Crippen molar-refractivity contribution in [2.45, 2.75) is 6.92 Å². The van der Waals surface area contributed by atoms with Crippen molar-refractivity contribution in [3.8, 4) is 11.3 Å². The van der Waals surface area contributed by atoms with Crippen molar-refractivity contribution in [3.63, 3.8) is 0 Å². The van der Waals surface area contributed by atoms with Gasteiger partial charge in [-0.3, -0.25) is 14.6 Å². The van der Waals surface area contributed by atoms with E-state index >= 15 is 0 Å². The Bertz CT molecular complexity index is 1500. The number of nitrogens with one attached hydrogen (secondary N) is 1. The van der Waals surface area contributed by atoms with Crippen LogP contribution in [0.3, 0.4) is 0 Å². The summed E-state index contributed by atoms with van der Waals surface area (Å²) in [5.74, 6) is 0.228. The molecule has 31 heavy (non-hydrogen) atoms. The molecule has 0 aliphatic carbocycles. The number of amides is 1. The zero-order valence-electron chi connectivity index (χ0n) is 16.8. The van der Waals surface area contributed by atoms with Crippen LogP contribution in [0.4, 0.5) is 5.69 Å². The number of hydrogen-bond acceptors (Lipinski definition) is 4. The average Bonchev–Trinajstić information content (AvgIpc) is 2.80. The molecule has 0 atom stereocenters. The molecule has 0 fully saturated rings. The first-order valence-electron chi connectivity index (χ1n) is 9.88. The molecule has 2 aromatic heterocycles. The number of anilines is 1. The maximum absolute atomic E-state index is 12.8. The zero-order chi connectivity index (χ0) is 21.4. The van der Waals surface area contributed by atoms with Crippen LogP contribution < -0.4 is 10.7 Å². The molecule has 0 spiro atoms. The molecule has 5 heteroatoms. The van der Waals surface area contributed by atoms with E-state index in [4.69, 9.17) is 4.42 Å². The molecular weight excluding hydrogens is 388 g/mol. The molecule has 2 heterocycles. The lowest BCUT2D eigenvalue weighted by molar-refractivity contribution is 0.102. The maximum Gasteiger partial charge on any atom is 0.255 e. The van der Waals surface area contributed by atoms with E-state index in [9.17, 15) is 9.59 Å². The summed E-state index contributed by atoms with van der Waals surface area (Å²) in [6.45, 7) is 1.94. The second-order valence-electron chi connectivity index (χ2n) is 7.39. The maximum atomic E-state index is 12.8. The standard InChI is InChI=1S/C26H18N2O3/c1-16-7-12-23-20(14-16)22(29)15-24(31-23)17-8-10-19(11-9-17)26(30)28-21-6-2-4-18-5-3-13-27-25(18)21/h2-15H,1H3,(H,28,30). The molecule has 5 rings (SSSR count). The van der Waals surface area contributed by atoms with Gasteiger partial charge in [0.05, 0.1) is 16.6 Å². The van der Waals surface area contributed by atoms with Gasteiger partial charge in [0.25, 0.3) is 5.91 Å². The van der Waals surface area contributed by atoms with Crippen LogP contribution in [0.1, 0.15) is 15.9 Å². The van der Waals surface area contributed by atoms with Gasteiger partial charge in [-0.05, 0) is 43.3 Å². The molecule has 0 radical (unpaired) electrons. The fourth-order valence-electron chi connectivity index (χ4n) is 3.60. The molecule has 0 saturated carbocycles. The van der Waals surface area contributed by atoms with Crippen molar-refractivity contribution < 1.29 is 9.21 Å². The Morgan fingerprint density at radius 1 is 0.935 bits per heavy atom. The zero-order valence-corrected chi connectivity index (χ0v) is 16.8. The third-order valence-corrected chi connectivity index (χ3v) is 5.20. The van der Waals surface area contributed by atoms with E-state index in [-0.39, 0.29) is 11.3 Å². The van der Waals surface area contributed by atoms with Crippen LogP contribution in [-0.4, -0.2) is 10.9 Å². The van der Waals surface area contributed by atoms with Crippen LogP contribution in [-0.2, 0) is 0 Å². The third-order valence-electron chi connectivity index (χ3n) is 5.20. The summed E-state index contributed by atoms with van der Waals surface area (Å²) in [6, 6.07) is 23.4. The van der Waals surface area contributed by atoms with Gasteiger partial charge in [-0.15, -0.1) is 0 Å². The average molecular weight is 406 g/mol. The second kappa shape index (κ2) is 7.54. The predicted octanol–water partition coefficient (Wildman–Crippen LogP) is 5.57. The minimum Gasteiger partial charge on any atom is -0.456 e. The van der Waals surface area contributed by atoms with Crippen molar-refractivity contribution in [2.24, 2.45) is 0 Å². The molecule has 1 amide bonds. The van der Waals surface area contributed by atoms with Crippen LogP contribution in [0.2, 0.25) is 0 Å². The Morgan fingerprint density at radius 2 is 1.74 bits per heavy atom. The Kier molecular flexibility index (Phi) is 4.56. The van der Waals surface area contributed by atoms with Gasteiger partial charge in [-0.2, -0.15) is 0 Å². The molecule has 1 N–H and O–H groups in total. The molecule has 0 aliphatic rings. The van der Waals surface area contributed by atoms with Crippen LogP contribution in [0, 0.1) is 6.92 Å². The van der Waals surface area contributed by atoms with Crippen molar-refractivity contribution in [3.05, 3.63) is 106 Å². The lowest BCUT2D eigenvalue weighted by Crippen LogP contribution is -2.12. The molecular formula is C26H18N2O3. The number of para-hydroxylation sites is 1. The fourth-order valence-corrected chi connectivity index (χ4v) is 3.60. The minimum absolute atomic E-state index is 0.0924. The van der Waals surface area contributed by atoms with Crippen molar-refractivity contribution in [1.82, 2.24) is 4.98 Å². The van der Waals surface area contributed by atoms with Crippen molar-refractivity contribution >= 4 is 33.5 Å². The lowest BCUT2D eigenvalue weighted by atomic mass is 10.1. The number of carbonyl (C=O) groups excluding carboxylic acids is 1. The highest BCUT2D eigenvalue weighted by Crippen LogP contribution is 2.24. The Balaban J connectivity index is 1.43. The SMILES string of the molecule is Cc1ccc2oc(-c3ccc(C(=O)Nc4cccc5cccnc45)cc3)cc(=O)c2c1. The minimum atomic E-state index is -0.236. The first-order chi connectivity index (χ1) is 15.1. The molecule has 5 aromatic rings. The highest BCUT2D eigenvalue weighted by molar-refractivity contribution is 6.08. The monoisotopic (exact) mass is 406 g/mol. The molecule has 0 unspecified atom stereocenters. The Hall–Kier alpha value is -4.25. The summed E-state index contributed by atoms with van der Waals surface area (Å²) in [6.07, 6.45) is 1.70. The summed E-state index contributed by atoms with van der Waals surface area (Å²) in [7, 11) is 0. The van der Waals surface area contributed by atoms with Crippen LogP contribution in [0.25, 0.3) is 33.2 Å². The Morgan fingerprint density at radius 3 is 2.58 bits per heavy atom. The summed E-state index contributed by atoms with van der Waals surface area (Å²) in [4.78, 5) is 29.6. The van der Waals surface area contributed by atoms with Gasteiger partial charge in [-0.1, -0.05) is 42.0 Å². The normalized spacial score (nSPS) is 11.0. The first kappa shape index (κ1) is 18.8. The predicted molar refractivity (Wildman–Crippen MR) is 122 cm³/mol. The van der Waals surface area contributed by atoms with Crippen molar-refractivity contribution in [2.75, 3.05) is 5.32 Å².